The molecule has 1 aliphatic rings. The number of hydrogen-bond acceptors (Lipinski definition) is 4. The Morgan fingerprint density at radius 1 is 0.966 bits per heavy atom. The molecule has 1 saturated heterocycles. The van der Waals surface area contributed by atoms with Crippen molar-refractivity contribution in [1.82, 2.24) is 14.8 Å². The molecule has 2 amide bonds. The van der Waals surface area contributed by atoms with Gasteiger partial charge in [-0.15, -0.1) is 11.8 Å². The molecule has 2 aromatic rings. The Kier molecular flexibility index (Phi) is 6.46. The average Bonchev–Trinajstić information content (AvgIpc) is 2.73. The van der Waals surface area contributed by atoms with Gasteiger partial charge in [0.05, 0.1) is 10.6 Å². The van der Waals surface area contributed by atoms with Crippen LogP contribution in [0, 0.1) is 0 Å². The summed E-state index contributed by atoms with van der Waals surface area (Å²) in [6.45, 7) is 3.39. The van der Waals surface area contributed by atoms with Crippen molar-refractivity contribution in [2.45, 2.75) is 18.1 Å². The van der Waals surface area contributed by atoms with Gasteiger partial charge in [0.1, 0.15) is 0 Å². The summed E-state index contributed by atoms with van der Waals surface area (Å²) in [5.74, 6) is 0.401. The molecule has 1 aliphatic heterocycles. The predicted molar refractivity (Wildman–Crippen MR) is 104 cm³/mol. The lowest BCUT2D eigenvalue weighted by molar-refractivity contribution is -0.137. The van der Waals surface area contributed by atoms with E-state index in [1.807, 2.05) is 6.92 Å². The van der Waals surface area contributed by atoms with Gasteiger partial charge in [0.2, 0.25) is 0 Å². The molecule has 0 radical (unpaired) electrons. The van der Waals surface area contributed by atoms with Gasteiger partial charge in [-0.25, -0.2) is 4.98 Å². The van der Waals surface area contributed by atoms with Gasteiger partial charge in [0.15, 0.2) is 0 Å². The Labute approximate surface area is 170 Å². The van der Waals surface area contributed by atoms with Gasteiger partial charge in [-0.3, -0.25) is 9.59 Å². The molecular weight excluding hydrogens is 403 g/mol. The van der Waals surface area contributed by atoms with Gasteiger partial charge in [-0.2, -0.15) is 13.2 Å². The normalized spacial score (nSPS) is 14.8. The van der Waals surface area contributed by atoms with Crippen molar-refractivity contribution in [2.75, 3.05) is 31.9 Å². The Bertz CT molecular complexity index is 879. The maximum Gasteiger partial charge on any atom is 0.416 e. The van der Waals surface area contributed by atoms with Crippen LogP contribution in [0.1, 0.15) is 33.2 Å². The first-order valence-corrected chi connectivity index (χ1v) is 10.1. The fourth-order valence-corrected chi connectivity index (χ4v) is 3.69. The molecule has 154 valence electrons. The van der Waals surface area contributed by atoms with Crippen molar-refractivity contribution in [3.05, 3.63) is 59.3 Å². The molecule has 9 heteroatoms. The number of hydrogen-bond donors (Lipinski definition) is 0. The number of nitrogens with zero attached hydrogens (tertiary/aromatic N) is 3. The minimum absolute atomic E-state index is 0.119. The van der Waals surface area contributed by atoms with Crippen LogP contribution in [0.4, 0.5) is 13.2 Å². The monoisotopic (exact) mass is 423 g/mol. The molecule has 0 unspecified atom stereocenters. The quantitative estimate of drug-likeness (QED) is 0.702. The lowest BCUT2D eigenvalue weighted by Crippen LogP contribution is -2.50. The lowest BCUT2D eigenvalue weighted by Gasteiger charge is -2.35. The van der Waals surface area contributed by atoms with Crippen LogP contribution in [-0.2, 0) is 6.18 Å². The van der Waals surface area contributed by atoms with E-state index in [-0.39, 0.29) is 17.4 Å². The Hall–Kier alpha value is -2.55. The number of aromatic nitrogens is 1. The van der Waals surface area contributed by atoms with E-state index >= 15 is 0 Å². The van der Waals surface area contributed by atoms with Crippen molar-refractivity contribution in [3.63, 3.8) is 0 Å². The highest BCUT2D eigenvalue weighted by Crippen LogP contribution is 2.29. The third-order valence-electron chi connectivity index (χ3n) is 4.59. The van der Waals surface area contributed by atoms with Gasteiger partial charge < -0.3 is 9.80 Å². The summed E-state index contributed by atoms with van der Waals surface area (Å²) in [6, 6.07) is 7.61. The molecule has 1 fully saturated rings. The molecule has 0 atom stereocenters. The van der Waals surface area contributed by atoms with Crippen LogP contribution in [0.2, 0.25) is 0 Å². The van der Waals surface area contributed by atoms with E-state index in [2.05, 4.69) is 4.98 Å². The van der Waals surface area contributed by atoms with Crippen molar-refractivity contribution in [1.29, 1.82) is 0 Å². The highest BCUT2D eigenvalue weighted by Gasteiger charge is 2.31. The van der Waals surface area contributed by atoms with Gasteiger partial charge in [-0.1, -0.05) is 6.92 Å². The van der Waals surface area contributed by atoms with Crippen molar-refractivity contribution in [3.8, 4) is 0 Å². The zero-order valence-corrected chi connectivity index (χ0v) is 16.6. The van der Waals surface area contributed by atoms with Crippen LogP contribution in [0.5, 0.6) is 0 Å². The summed E-state index contributed by atoms with van der Waals surface area (Å²) in [4.78, 5) is 32.7. The van der Waals surface area contributed by atoms with Crippen LogP contribution >= 0.6 is 11.8 Å². The molecular formula is C20H20F3N3O2S. The molecule has 0 aliphatic carbocycles. The van der Waals surface area contributed by atoms with Crippen molar-refractivity contribution in [2.24, 2.45) is 0 Å². The number of halogens is 3. The number of pyridine rings is 1. The SMILES string of the molecule is CCSc1cc(C(=O)N2CCN(C(=O)c3ccc(C(F)(F)F)cc3)CC2)ccn1. The molecule has 0 bridgehead atoms. The number of benzene rings is 1. The first-order valence-electron chi connectivity index (χ1n) is 9.14. The number of thioether (sulfide) groups is 1. The number of carbonyl (C=O) groups excluding carboxylic acids is 2. The zero-order chi connectivity index (χ0) is 21.0. The number of alkyl halides is 3. The molecule has 0 spiro atoms. The van der Waals surface area contributed by atoms with Gasteiger partial charge in [0.25, 0.3) is 11.8 Å². The molecule has 1 aromatic carbocycles. The summed E-state index contributed by atoms with van der Waals surface area (Å²) < 4.78 is 38.0. The highest BCUT2D eigenvalue weighted by atomic mass is 32.2. The number of piperazine rings is 1. The zero-order valence-electron chi connectivity index (χ0n) is 15.8. The van der Waals surface area contributed by atoms with E-state index in [1.54, 1.807) is 39.9 Å². The molecule has 5 nitrogen and oxygen atoms in total. The molecule has 3 rings (SSSR count). The third-order valence-corrected chi connectivity index (χ3v) is 5.39. The van der Waals surface area contributed by atoms with E-state index < -0.39 is 11.7 Å². The molecule has 2 heterocycles. The van der Waals surface area contributed by atoms with E-state index in [0.717, 1.165) is 22.9 Å². The van der Waals surface area contributed by atoms with Crippen LogP contribution < -0.4 is 0 Å². The van der Waals surface area contributed by atoms with Crippen LogP contribution in [-0.4, -0.2) is 58.5 Å². The Morgan fingerprint density at radius 2 is 1.52 bits per heavy atom. The maximum atomic E-state index is 12.7. The van der Waals surface area contributed by atoms with E-state index in [4.69, 9.17) is 0 Å². The minimum atomic E-state index is -4.43. The fraction of sp³-hybridized carbons (Fsp3) is 0.350. The standard InChI is InChI=1S/C20H20F3N3O2S/c1-2-29-17-13-15(7-8-24-17)19(28)26-11-9-25(10-12-26)18(27)14-3-5-16(6-4-14)20(21,22)23/h3-8,13H,2,9-12H2,1H3. The molecule has 29 heavy (non-hydrogen) atoms. The summed E-state index contributed by atoms with van der Waals surface area (Å²) in [7, 11) is 0. The summed E-state index contributed by atoms with van der Waals surface area (Å²) >= 11 is 1.55. The first kappa shape index (κ1) is 21.2. The number of amides is 2. The lowest BCUT2D eigenvalue weighted by atomic mass is 10.1. The number of carbonyl (C=O) groups is 2. The highest BCUT2D eigenvalue weighted by molar-refractivity contribution is 7.99. The van der Waals surface area contributed by atoms with E-state index in [1.165, 1.54) is 12.1 Å². The van der Waals surface area contributed by atoms with Crippen LogP contribution in [0.15, 0.2) is 47.6 Å². The van der Waals surface area contributed by atoms with Gasteiger partial charge in [0, 0.05) is 43.5 Å². The minimum Gasteiger partial charge on any atom is -0.335 e. The third kappa shape index (κ3) is 5.09. The van der Waals surface area contributed by atoms with Crippen molar-refractivity contribution >= 4 is 23.6 Å². The maximum absolute atomic E-state index is 12.7. The van der Waals surface area contributed by atoms with Gasteiger partial charge in [-0.05, 0) is 42.2 Å². The topological polar surface area (TPSA) is 53.5 Å². The fourth-order valence-electron chi connectivity index (χ4n) is 3.05. The van der Waals surface area contributed by atoms with Gasteiger partial charge >= 0.3 is 6.18 Å². The van der Waals surface area contributed by atoms with E-state index in [9.17, 15) is 22.8 Å². The van der Waals surface area contributed by atoms with Crippen LogP contribution in [0.25, 0.3) is 0 Å². The molecule has 0 N–H and O–H groups in total. The van der Waals surface area contributed by atoms with E-state index in [0.29, 0.717) is 31.7 Å². The summed E-state index contributed by atoms with van der Waals surface area (Å²) in [5.41, 5.74) is -0.0333. The number of rotatable bonds is 4. The van der Waals surface area contributed by atoms with Crippen LogP contribution in [0.3, 0.4) is 0 Å². The second kappa shape index (κ2) is 8.86. The first-order chi connectivity index (χ1) is 13.8. The second-order valence-corrected chi connectivity index (χ2v) is 7.76. The molecule has 1 aromatic heterocycles. The Balaban J connectivity index is 1.60. The average molecular weight is 423 g/mol. The predicted octanol–water partition coefficient (Wildman–Crippen LogP) is 3.81. The summed E-state index contributed by atoms with van der Waals surface area (Å²) in [5, 5.41) is 0.787. The second-order valence-electron chi connectivity index (χ2n) is 6.48. The Morgan fingerprint density at radius 3 is 2.03 bits per heavy atom. The molecule has 0 saturated carbocycles. The smallest absolute Gasteiger partial charge is 0.335 e. The van der Waals surface area contributed by atoms with Crippen molar-refractivity contribution < 1.29 is 22.8 Å². The largest absolute Gasteiger partial charge is 0.416 e. The summed E-state index contributed by atoms with van der Waals surface area (Å²) in [6.07, 6.45) is -2.83.